The molecule has 0 saturated carbocycles. The SMILES string of the molecule is CNc1c(C(=O)O)sc2ccc(C(F)(F)F)cc12. The van der Waals surface area contributed by atoms with Crippen LogP contribution < -0.4 is 5.32 Å². The summed E-state index contributed by atoms with van der Waals surface area (Å²) in [5, 5.41) is 11.9. The van der Waals surface area contributed by atoms with Crippen molar-refractivity contribution >= 4 is 33.1 Å². The number of anilines is 1. The van der Waals surface area contributed by atoms with Gasteiger partial charge in [-0.25, -0.2) is 4.79 Å². The van der Waals surface area contributed by atoms with Gasteiger partial charge in [0.15, 0.2) is 0 Å². The molecule has 2 aromatic rings. The molecule has 2 N–H and O–H groups in total. The Morgan fingerprint density at radius 1 is 1.39 bits per heavy atom. The van der Waals surface area contributed by atoms with Crippen molar-refractivity contribution in [3.63, 3.8) is 0 Å². The lowest BCUT2D eigenvalue weighted by atomic mass is 10.1. The van der Waals surface area contributed by atoms with Crippen LogP contribution in [0.3, 0.4) is 0 Å². The van der Waals surface area contributed by atoms with Crippen LogP contribution in [0.25, 0.3) is 10.1 Å². The fraction of sp³-hybridized carbons (Fsp3) is 0.182. The first kappa shape index (κ1) is 12.7. The predicted octanol–water partition coefficient (Wildman–Crippen LogP) is 3.66. The van der Waals surface area contributed by atoms with Crippen LogP contribution >= 0.6 is 11.3 Å². The monoisotopic (exact) mass is 275 g/mol. The molecule has 0 unspecified atom stereocenters. The van der Waals surface area contributed by atoms with Crippen molar-refractivity contribution in [2.45, 2.75) is 6.18 Å². The number of benzene rings is 1. The number of hydrogen-bond donors (Lipinski definition) is 2. The highest BCUT2D eigenvalue weighted by molar-refractivity contribution is 7.21. The molecule has 96 valence electrons. The smallest absolute Gasteiger partial charge is 0.416 e. The van der Waals surface area contributed by atoms with E-state index in [1.165, 1.54) is 13.1 Å². The summed E-state index contributed by atoms with van der Waals surface area (Å²) in [4.78, 5) is 11.0. The van der Waals surface area contributed by atoms with Gasteiger partial charge in [-0.3, -0.25) is 0 Å². The molecule has 1 aromatic heterocycles. The van der Waals surface area contributed by atoms with Gasteiger partial charge in [-0.1, -0.05) is 0 Å². The normalized spacial score (nSPS) is 11.8. The Bertz CT molecular complexity index is 619. The molecule has 0 aliphatic carbocycles. The molecule has 0 radical (unpaired) electrons. The third kappa shape index (κ3) is 2.01. The molecule has 0 saturated heterocycles. The average Bonchev–Trinajstić information content (AvgIpc) is 2.65. The first-order valence-electron chi connectivity index (χ1n) is 4.89. The van der Waals surface area contributed by atoms with Gasteiger partial charge in [0.25, 0.3) is 0 Å². The highest BCUT2D eigenvalue weighted by atomic mass is 32.1. The van der Waals surface area contributed by atoms with Crippen LogP contribution in [0, 0.1) is 0 Å². The molecule has 0 amide bonds. The van der Waals surface area contributed by atoms with E-state index in [1.807, 2.05) is 0 Å². The summed E-state index contributed by atoms with van der Waals surface area (Å²) >= 11 is 0.947. The third-order valence-corrected chi connectivity index (χ3v) is 3.62. The summed E-state index contributed by atoms with van der Waals surface area (Å²) in [6.45, 7) is 0. The second kappa shape index (κ2) is 4.16. The summed E-state index contributed by atoms with van der Waals surface area (Å²) < 4.78 is 38.3. The fourth-order valence-electron chi connectivity index (χ4n) is 1.67. The summed E-state index contributed by atoms with van der Waals surface area (Å²) in [6, 6.07) is 3.20. The van der Waals surface area contributed by atoms with Crippen molar-refractivity contribution in [2.75, 3.05) is 12.4 Å². The number of alkyl halides is 3. The number of carboxylic acid groups (broad SMARTS) is 1. The van der Waals surface area contributed by atoms with Crippen LogP contribution in [0.2, 0.25) is 0 Å². The zero-order valence-electron chi connectivity index (χ0n) is 9.13. The van der Waals surface area contributed by atoms with Crippen LogP contribution in [0.5, 0.6) is 0 Å². The van der Waals surface area contributed by atoms with E-state index in [0.29, 0.717) is 4.70 Å². The van der Waals surface area contributed by atoms with Crippen molar-refractivity contribution < 1.29 is 23.1 Å². The number of fused-ring (bicyclic) bond motifs is 1. The topological polar surface area (TPSA) is 49.3 Å². The van der Waals surface area contributed by atoms with E-state index in [1.54, 1.807) is 0 Å². The summed E-state index contributed by atoms with van der Waals surface area (Å²) in [5.74, 6) is -1.16. The number of halogens is 3. The number of carboxylic acids is 1. The minimum atomic E-state index is -4.44. The molecule has 2 rings (SSSR count). The zero-order chi connectivity index (χ0) is 13.5. The van der Waals surface area contributed by atoms with Crippen LogP contribution in [0.1, 0.15) is 15.2 Å². The quantitative estimate of drug-likeness (QED) is 0.879. The maximum atomic E-state index is 12.6. The van der Waals surface area contributed by atoms with Crippen LogP contribution in [-0.4, -0.2) is 18.1 Å². The Morgan fingerprint density at radius 2 is 2.06 bits per heavy atom. The Kier molecular flexibility index (Phi) is 2.94. The van der Waals surface area contributed by atoms with Gasteiger partial charge in [-0.15, -0.1) is 11.3 Å². The van der Waals surface area contributed by atoms with E-state index in [9.17, 15) is 18.0 Å². The first-order chi connectivity index (χ1) is 8.34. The van der Waals surface area contributed by atoms with Gasteiger partial charge in [0, 0.05) is 17.1 Å². The molecule has 0 spiro atoms. The second-order valence-electron chi connectivity index (χ2n) is 3.57. The maximum Gasteiger partial charge on any atom is 0.416 e. The number of hydrogen-bond acceptors (Lipinski definition) is 3. The minimum absolute atomic E-state index is 0.00632. The van der Waals surface area contributed by atoms with Crippen LogP contribution in [-0.2, 0) is 6.18 Å². The third-order valence-electron chi connectivity index (χ3n) is 2.46. The fourth-order valence-corrected chi connectivity index (χ4v) is 2.70. The van der Waals surface area contributed by atoms with Gasteiger partial charge in [-0.05, 0) is 18.2 Å². The van der Waals surface area contributed by atoms with Gasteiger partial charge >= 0.3 is 12.1 Å². The number of aromatic carboxylic acids is 1. The molecular formula is C11H8F3NO2S. The van der Waals surface area contributed by atoms with Gasteiger partial charge in [0.2, 0.25) is 0 Å². The molecule has 0 bridgehead atoms. The molecule has 3 nitrogen and oxygen atoms in total. The number of rotatable bonds is 2. The van der Waals surface area contributed by atoms with Gasteiger partial charge in [-0.2, -0.15) is 13.2 Å². The van der Waals surface area contributed by atoms with Gasteiger partial charge < -0.3 is 10.4 Å². The van der Waals surface area contributed by atoms with E-state index >= 15 is 0 Å². The largest absolute Gasteiger partial charge is 0.477 e. The molecule has 0 aliphatic rings. The summed E-state index contributed by atoms with van der Waals surface area (Å²) in [5.41, 5.74) is -0.574. The molecule has 0 fully saturated rings. The zero-order valence-corrected chi connectivity index (χ0v) is 9.95. The van der Waals surface area contributed by atoms with E-state index in [4.69, 9.17) is 5.11 Å². The Labute approximate surface area is 104 Å². The number of nitrogens with one attached hydrogen (secondary N) is 1. The predicted molar refractivity (Wildman–Crippen MR) is 63.3 cm³/mol. The molecule has 7 heteroatoms. The lowest BCUT2D eigenvalue weighted by Crippen LogP contribution is -2.04. The molecule has 1 aromatic carbocycles. The minimum Gasteiger partial charge on any atom is -0.477 e. The van der Waals surface area contributed by atoms with Crippen molar-refractivity contribution in [1.29, 1.82) is 0 Å². The number of carbonyl (C=O) groups is 1. The van der Waals surface area contributed by atoms with Crippen molar-refractivity contribution in [3.05, 3.63) is 28.6 Å². The van der Waals surface area contributed by atoms with Crippen LogP contribution in [0.4, 0.5) is 18.9 Å². The summed E-state index contributed by atoms with van der Waals surface area (Å²) in [7, 11) is 1.48. The molecule has 0 aliphatic heterocycles. The average molecular weight is 275 g/mol. The maximum absolute atomic E-state index is 12.6. The molecule has 1 heterocycles. The lowest BCUT2D eigenvalue weighted by Gasteiger charge is -2.07. The highest BCUT2D eigenvalue weighted by Crippen LogP contribution is 2.39. The summed E-state index contributed by atoms with van der Waals surface area (Å²) in [6.07, 6.45) is -4.44. The van der Waals surface area contributed by atoms with E-state index in [-0.39, 0.29) is 16.0 Å². The second-order valence-corrected chi connectivity index (χ2v) is 4.62. The Balaban J connectivity index is 2.72. The molecule has 0 atom stereocenters. The number of thiophene rings is 1. The molecule has 18 heavy (non-hydrogen) atoms. The van der Waals surface area contributed by atoms with E-state index in [0.717, 1.165) is 23.5 Å². The van der Waals surface area contributed by atoms with Crippen molar-refractivity contribution in [2.24, 2.45) is 0 Å². The van der Waals surface area contributed by atoms with Crippen LogP contribution in [0.15, 0.2) is 18.2 Å². The Morgan fingerprint density at radius 3 is 2.56 bits per heavy atom. The van der Waals surface area contributed by atoms with Gasteiger partial charge in [0.1, 0.15) is 4.88 Å². The standard InChI is InChI=1S/C11H8F3NO2S/c1-15-8-6-4-5(11(12,13)14)2-3-7(6)18-9(8)10(16)17/h2-4,15H,1H3,(H,16,17). The molecular weight excluding hydrogens is 267 g/mol. The van der Waals surface area contributed by atoms with Crippen molar-refractivity contribution in [1.82, 2.24) is 0 Å². The van der Waals surface area contributed by atoms with E-state index in [2.05, 4.69) is 5.32 Å². The van der Waals surface area contributed by atoms with Crippen molar-refractivity contribution in [3.8, 4) is 0 Å². The lowest BCUT2D eigenvalue weighted by molar-refractivity contribution is -0.137. The highest BCUT2D eigenvalue weighted by Gasteiger charge is 2.31. The van der Waals surface area contributed by atoms with E-state index < -0.39 is 17.7 Å². The first-order valence-corrected chi connectivity index (χ1v) is 5.71. The van der Waals surface area contributed by atoms with Gasteiger partial charge in [0.05, 0.1) is 11.3 Å². The Hall–Kier alpha value is -1.76.